The number of aromatic amines is 2. The Morgan fingerprint density at radius 1 is 0.538 bits per heavy atom. The predicted octanol–water partition coefficient (Wildman–Crippen LogP) is 11.3. The maximum atomic E-state index is 12.7. The first-order valence-electron chi connectivity index (χ1n) is 27.3. The summed E-state index contributed by atoms with van der Waals surface area (Å²) in [6, 6.07) is 43.3. The normalized spacial score (nSPS) is 17.7. The highest BCUT2D eigenvalue weighted by Gasteiger charge is 2.26. The van der Waals surface area contributed by atoms with E-state index in [1.165, 1.54) is 56.1 Å². The van der Waals surface area contributed by atoms with Crippen molar-refractivity contribution in [1.29, 1.82) is 0 Å². The highest BCUT2D eigenvalue weighted by atomic mass is 32.2. The summed E-state index contributed by atoms with van der Waals surface area (Å²) in [5.41, 5.74) is 9.39. The maximum Gasteiger partial charge on any atom is 0.250 e. The molecule has 0 aliphatic carbocycles. The number of hydrogen-bond acceptors (Lipinski definition) is 15. The molecule has 0 unspecified atom stereocenters. The minimum Gasteiger partial charge on any atom is -0.497 e. The third-order valence-corrected chi connectivity index (χ3v) is 20.4. The molecule has 17 heteroatoms. The van der Waals surface area contributed by atoms with Gasteiger partial charge in [0.05, 0.1) is 44.9 Å². The fourth-order valence-corrected chi connectivity index (χ4v) is 15.8. The number of aromatic nitrogens is 2. The van der Waals surface area contributed by atoms with E-state index in [-0.39, 0.29) is 11.1 Å². The smallest absolute Gasteiger partial charge is 0.250 e. The lowest BCUT2D eigenvalue weighted by atomic mass is 10.0. The Labute approximate surface area is 473 Å². The molecule has 6 aliphatic rings. The zero-order chi connectivity index (χ0) is 52.8. The number of morpholine rings is 2. The number of nitrogens with one attached hydrogen (secondary N) is 5. The number of hydrogen-bond donors (Lipinski definition) is 5. The lowest BCUT2D eigenvalue weighted by Crippen LogP contribution is -2.40. The van der Waals surface area contributed by atoms with Crippen LogP contribution in [0.2, 0.25) is 0 Å². The zero-order valence-corrected chi connectivity index (χ0v) is 47.2. The standard InChI is InChI=1S/C35H38N4O3S2.C26H28N4O2S2/c1-41-28-8-5-24(6-9-28)11-14-38-15-12-25(13-16-38)36-26-7-10-31-33(21-26)43-32-4-2-3-29(35(32)44-31)30-22-27(23-34(40)37-30)39-17-19-42-20-18-39;31-25-16-19(30-10-12-32-13-11-30)15-21(29-25)20-2-1-3-23-26(20)34-22-5-4-18(14-24(22)33-23)28-17-6-8-27-9-7-17/h2-10,21-23,25,36H,11-20H2,1H3,(H,37,40);1-5,14-17,27-28H,6-13H2,(H,29,31). The summed E-state index contributed by atoms with van der Waals surface area (Å²) in [5.74, 6) is 0.914. The molecule has 0 amide bonds. The highest BCUT2D eigenvalue weighted by Crippen LogP contribution is 2.54. The SMILES string of the molecule is COc1ccc(CCN2CCC(Nc3ccc4c(c3)Sc3cccc(-c5cc(N6CCOCC6)cc(=O)[nH]5)c3S4)CC2)cc1.O=c1cc(N2CCOCC2)cc(-c2cccc3c2Sc2ccc(NC4CCNCC4)cc2S3)[nH]1. The van der Waals surface area contributed by atoms with Crippen LogP contribution in [0, 0.1) is 0 Å². The zero-order valence-electron chi connectivity index (χ0n) is 43.9. The number of likely N-dealkylation sites (tertiary alicyclic amines) is 1. The van der Waals surface area contributed by atoms with E-state index in [1.807, 2.05) is 35.7 Å². The number of fused-ring (bicyclic) bond motifs is 4. The summed E-state index contributed by atoms with van der Waals surface area (Å²) in [7, 11) is 1.71. The van der Waals surface area contributed by atoms with E-state index in [9.17, 15) is 9.59 Å². The number of benzene rings is 5. The van der Waals surface area contributed by atoms with Crippen molar-refractivity contribution in [2.24, 2.45) is 0 Å². The molecule has 0 bridgehead atoms. The molecule has 0 saturated carbocycles. The molecule has 0 radical (unpaired) electrons. The molecule has 6 aliphatic heterocycles. The number of H-pyrrole nitrogens is 2. The fraction of sp³-hybridized carbons (Fsp3) is 0.344. The Kier molecular flexibility index (Phi) is 16.8. The molecular formula is C61H66N8O5S4. The third-order valence-electron chi connectivity index (χ3n) is 15.2. The average molecular weight is 1120 g/mol. The number of piperidine rings is 2. The van der Waals surface area contributed by atoms with Crippen molar-refractivity contribution in [1.82, 2.24) is 20.2 Å². The van der Waals surface area contributed by atoms with Crippen molar-refractivity contribution < 1.29 is 14.2 Å². The van der Waals surface area contributed by atoms with E-state index in [0.717, 1.165) is 131 Å². The minimum absolute atomic E-state index is 0.0703. The van der Waals surface area contributed by atoms with Gasteiger partial charge in [0.2, 0.25) is 11.1 Å². The average Bonchev–Trinajstić information content (AvgIpc) is 3.49. The third kappa shape index (κ3) is 12.6. The quantitative estimate of drug-likeness (QED) is 0.0792. The molecule has 0 atom stereocenters. The van der Waals surface area contributed by atoms with Crippen LogP contribution in [0.4, 0.5) is 22.7 Å². The topological polar surface area (TPSA) is 139 Å². The van der Waals surface area contributed by atoms with Crippen molar-refractivity contribution in [3.05, 3.63) is 148 Å². The summed E-state index contributed by atoms with van der Waals surface area (Å²) in [6.07, 6.45) is 5.69. The van der Waals surface area contributed by atoms with E-state index in [2.05, 4.69) is 138 Å². The van der Waals surface area contributed by atoms with E-state index >= 15 is 0 Å². The Morgan fingerprint density at radius 3 is 1.54 bits per heavy atom. The van der Waals surface area contributed by atoms with Crippen LogP contribution in [-0.4, -0.2) is 119 Å². The molecule has 4 fully saturated rings. The van der Waals surface area contributed by atoms with E-state index in [0.29, 0.717) is 38.5 Å². The largest absolute Gasteiger partial charge is 0.497 e. The van der Waals surface area contributed by atoms with Gasteiger partial charge in [-0.3, -0.25) is 9.59 Å². The summed E-state index contributed by atoms with van der Waals surface area (Å²) >= 11 is 7.21. The number of rotatable bonds is 12. The van der Waals surface area contributed by atoms with Gasteiger partial charge in [0.25, 0.3) is 0 Å². The van der Waals surface area contributed by atoms with Gasteiger partial charge in [-0.1, -0.05) is 83.4 Å². The molecule has 8 heterocycles. The molecule has 13 rings (SSSR count). The van der Waals surface area contributed by atoms with Crippen molar-refractivity contribution in [2.45, 2.75) is 83.4 Å². The molecule has 4 saturated heterocycles. The maximum absolute atomic E-state index is 12.7. The van der Waals surface area contributed by atoms with Gasteiger partial charge in [0.1, 0.15) is 5.75 Å². The number of nitrogens with zero attached hydrogens (tertiary/aromatic N) is 3. The molecule has 404 valence electrons. The van der Waals surface area contributed by atoms with Crippen LogP contribution in [0.5, 0.6) is 5.75 Å². The predicted molar refractivity (Wildman–Crippen MR) is 320 cm³/mol. The summed E-state index contributed by atoms with van der Waals surface area (Å²) < 4.78 is 16.3. The van der Waals surface area contributed by atoms with Crippen LogP contribution in [0.25, 0.3) is 22.5 Å². The lowest BCUT2D eigenvalue weighted by molar-refractivity contribution is 0.122. The molecular weight excluding hydrogens is 1050 g/mol. The van der Waals surface area contributed by atoms with Crippen LogP contribution in [0.3, 0.4) is 0 Å². The van der Waals surface area contributed by atoms with E-state index < -0.39 is 0 Å². The van der Waals surface area contributed by atoms with Crippen molar-refractivity contribution in [3.8, 4) is 28.3 Å². The van der Waals surface area contributed by atoms with Gasteiger partial charge in [-0.25, -0.2) is 0 Å². The molecule has 0 spiro atoms. The van der Waals surface area contributed by atoms with Gasteiger partial charge in [-0.05, 0) is 124 Å². The number of pyridine rings is 2. The van der Waals surface area contributed by atoms with Gasteiger partial charge in [0.15, 0.2) is 0 Å². The van der Waals surface area contributed by atoms with Crippen molar-refractivity contribution in [3.63, 3.8) is 0 Å². The number of ether oxygens (including phenoxy) is 3. The molecule has 13 nitrogen and oxygen atoms in total. The van der Waals surface area contributed by atoms with Crippen LogP contribution in [-0.2, 0) is 15.9 Å². The molecule has 5 N–H and O–H groups in total. The van der Waals surface area contributed by atoms with Crippen LogP contribution in [0.1, 0.15) is 31.2 Å². The molecule has 2 aromatic heterocycles. The Bertz CT molecular complexity index is 3350. The summed E-state index contributed by atoms with van der Waals surface area (Å²) in [6.45, 7) is 11.5. The number of anilines is 4. The Morgan fingerprint density at radius 2 is 1.04 bits per heavy atom. The Balaban J connectivity index is 0.000000161. The van der Waals surface area contributed by atoms with Gasteiger partial charge in [-0.15, -0.1) is 0 Å². The molecule has 5 aromatic carbocycles. The van der Waals surface area contributed by atoms with E-state index in [4.69, 9.17) is 14.2 Å². The molecule has 78 heavy (non-hydrogen) atoms. The second-order valence-corrected chi connectivity index (χ2v) is 24.7. The van der Waals surface area contributed by atoms with Crippen LogP contribution >= 0.6 is 47.0 Å². The van der Waals surface area contributed by atoms with Crippen LogP contribution < -0.4 is 41.6 Å². The first-order chi connectivity index (χ1) is 38.3. The summed E-state index contributed by atoms with van der Waals surface area (Å²) in [4.78, 5) is 48.4. The lowest BCUT2D eigenvalue weighted by Gasteiger charge is -2.33. The van der Waals surface area contributed by atoms with Crippen LogP contribution in [0.15, 0.2) is 170 Å². The highest BCUT2D eigenvalue weighted by molar-refractivity contribution is 8.05. The fourth-order valence-electron chi connectivity index (χ4n) is 11.0. The van der Waals surface area contributed by atoms with Gasteiger partial charge in [-0.2, -0.15) is 0 Å². The van der Waals surface area contributed by atoms with E-state index in [1.54, 1.807) is 42.8 Å². The van der Waals surface area contributed by atoms with Crippen molar-refractivity contribution >= 4 is 69.8 Å². The second-order valence-electron chi connectivity index (χ2n) is 20.5. The minimum atomic E-state index is -0.0748. The van der Waals surface area contributed by atoms with Gasteiger partial charge in [0, 0.05) is 143 Å². The Hall–Kier alpha value is -5.76. The first-order valence-corrected chi connectivity index (χ1v) is 30.6. The summed E-state index contributed by atoms with van der Waals surface area (Å²) in [5, 5.41) is 11.0. The van der Waals surface area contributed by atoms with Crippen molar-refractivity contribution in [2.75, 3.05) is 113 Å². The monoisotopic (exact) mass is 1120 g/mol. The first kappa shape index (κ1) is 52.9. The second kappa shape index (κ2) is 24.7. The van der Waals surface area contributed by atoms with Gasteiger partial charge >= 0.3 is 0 Å². The number of methoxy groups -OCH3 is 1. The molecule has 7 aromatic rings. The van der Waals surface area contributed by atoms with Gasteiger partial charge < -0.3 is 54.8 Å².